The monoisotopic (exact) mass is 294 g/mol. The summed E-state index contributed by atoms with van der Waals surface area (Å²) in [5, 5.41) is -0.678. The first-order valence-corrected chi connectivity index (χ1v) is 8.66. The first-order chi connectivity index (χ1) is 9.48. The van der Waals surface area contributed by atoms with Crippen LogP contribution in [-0.4, -0.2) is 34.7 Å². The Kier molecular flexibility index (Phi) is 3.36. The average Bonchev–Trinajstić information content (AvgIpc) is 2.36. The zero-order valence-corrected chi connectivity index (χ0v) is 12.3. The van der Waals surface area contributed by atoms with E-state index in [4.69, 9.17) is 0 Å². The molecule has 0 N–H and O–H groups in total. The van der Waals surface area contributed by atoms with Gasteiger partial charge in [0, 0.05) is 17.8 Å². The lowest BCUT2D eigenvalue weighted by atomic mass is 9.86. The molecule has 3 rings (SSSR count). The number of aryl methyl sites for hydroxylation is 1. The molecule has 0 radical (unpaired) electrons. The van der Waals surface area contributed by atoms with Gasteiger partial charge >= 0.3 is 0 Å². The summed E-state index contributed by atoms with van der Waals surface area (Å²) >= 11 is 0. The fourth-order valence-corrected chi connectivity index (χ4v) is 5.91. The molecular formula is C14H18N2O3S. The molecule has 6 heteroatoms. The summed E-state index contributed by atoms with van der Waals surface area (Å²) in [6.07, 6.45) is 4.80. The molecule has 108 valence electrons. The molecule has 0 spiro atoms. The number of hydrogen-bond donors (Lipinski definition) is 0. The smallest absolute Gasteiger partial charge is 0.203 e. The molecule has 2 aliphatic heterocycles. The predicted octanol–water partition coefficient (Wildman–Crippen LogP) is 1.71. The Morgan fingerprint density at radius 3 is 2.50 bits per heavy atom. The van der Waals surface area contributed by atoms with Crippen molar-refractivity contribution < 1.29 is 13.2 Å². The molecule has 0 amide bonds. The minimum atomic E-state index is -3.02. The van der Waals surface area contributed by atoms with Crippen LogP contribution in [0, 0.1) is 12.8 Å². The maximum absolute atomic E-state index is 12.5. The molecule has 2 unspecified atom stereocenters. The highest BCUT2D eigenvalue weighted by molar-refractivity contribution is 7.92. The van der Waals surface area contributed by atoms with Gasteiger partial charge in [-0.25, -0.2) is 18.4 Å². The lowest BCUT2D eigenvalue weighted by Gasteiger charge is -2.37. The lowest BCUT2D eigenvalue weighted by Crippen LogP contribution is -2.45. The summed E-state index contributed by atoms with van der Waals surface area (Å²) in [5.41, 5.74) is 0.756. The minimum absolute atomic E-state index is 0.0968. The van der Waals surface area contributed by atoms with Gasteiger partial charge in [-0.15, -0.1) is 0 Å². The molecule has 1 aromatic heterocycles. The molecule has 0 aliphatic carbocycles. The highest BCUT2D eigenvalue weighted by atomic mass is 32.2. The van der Waals surface area contributed by atoms with Crippen molar-refractivity contribution in [1.29, 1.82) is 0 Å². The maximum Gasteiger partial charge on any atom is 0.203 e. The van der Waals surface area contributed by atoms with Crippen LogP contribution in [0.4, 0.5) is 0 Å². The molecule has 2 fully saturated rings. The molecule has 0 saturated carbocycles. The van der Waals surface area contributed by atoms with E-state index in [2.05, 4.69) is 9.97 Å². The van der Waals surface area contributed by atoms with Gasteiger partial charge in [-0.1, -0.05) is 6.42 Å². The van der Waals surface area contributed by atoms with Crippen LogP contribution in [0.1, 0.15) is 48.4 Å². The Hall–Kier alpha value is -1.30. The van der Waals surface area contributed by atoms with E-state index in [1.165, 1.54) is 0 Å². The van der Waals surface area contributed by atoms with Crippen LogP contribution in [0.5, 0.6) is 0 Å². The number of fused-ring (bicyclic) bond motifs is 2. The lowest BCUT2D eigenvalue weighted by molar-refractivity contribution is 0.0882. The van der Waals surface area contributed by atoms with Gasteiger partial charge in [-0.05, 0) is 38.7 Å². The number of Topliss-reactive ketones (excluding diaryl/α,β-unsaturated/α-hetero) is 1. The summed E-state index contributed by atoms with van der Waals surface area (Å²) in [4.78, 5) is 20.7. The van der Waals surface area contributed by atoms with E-state index in [-0.39, 0.29) is 28.0 Å². The first-order valence-electron chi connectivity index (χ1n) is 7.05. The zero-order chi connectivity index (χ0) is 14.3. The predicted molar refractivity (Wildman–Crippen MR) is 74.2 cm³/mol. The van der Waals surface area contributed by atoms with E-state index in [1.54, 1.807) is 12.3 Å². The Labute approximate surface area is 118 Å². The van der Waals surface area contributed by atoms with E-state index in [0.29, 0.717) is 25.7 Å². The van der Waals surface area contributed by atoms with Crippen molar-refractivity contribution in [3.63, 3.8) is 0 Å². The van der Waals surface area contributed by atoms with Crippen LogP contribution in [0.15, 0.2) is 12.3 Å². The van der Waals surface area contributed by atoms with Crippen LogP contribution in [-0.2, 0) is 9.84 Å². The van der Waals surface area contributed by atoms with Crippen LogP contribution < -0.4 is 0 Å². The summed E-state index contributed by atoms with van der Waals surface area (Å²) in [6.45, 7) is 1.82. The van der Waals surface area contributed by atoms with Crippen LogP contribution >= 0.6 is 0 Å². The summed E-state index contributed by atoms with van der Waals surface area (Å²) in [6, 6.07) is 1.75. The Bertz CT molecular complexity index is 622. The van der Waals surface area contributed by atoms with E-state index in [1.807, 2.05) is 6.92 Å². The number of hydrogen-bond acceptors (Lipinski definition) is 5. The SMILES string of the molecule is Cc1ccnc(C(=O)C2CC3CCCC(C2)S3(=O)=O)n1. The van der Waals surface area contributed by atoms with Crippen molar-refractivity contribution in [3.8, 4) is 0 Å². The van der Waals surface area contributed by atoms with Crippen molar-refractivity contribution in [2.45, 2.75) is 49.5 Å². The Morgan fingerprint density at radius 2 is 1.90 bits per heavy atom. The molecule has 2 atom stereocenters. The summed E-state index contributed by atoms with van der Waals surface area (Å²) in [7, 11) is -3.02. The molecule has 0 aromatic carbocycles. The quantitative estimate of drug-likeness (QED) is 0.776. The number of rotatable bonds is 2. The summed E-state index contributed by atoms with van der Waals surface area (Å²) < 4.78 is 24.4. The van der Waals surface area contributed by atoms with Gasteiger partial charge in [0.25, 0.3) is 0 Å². The van der Waals surface area contributed by atoms with Gasteiger partial charge in [0.05, 0.1) is 10.5 Å². The van der Waals surface area contributed by atoms with E-state index < -0.39 is 9.84 Å². The van der Waals surface area contributed by atoms with Gasteiger partial charge in [0.2, 0.25) is 5.78 Å². The first kappa shape index (κ1) is 13.7. The Balaban J connectivity index is 1.85. The van der Waals surface area contributed by atoms with E-state index in [9.17, 15) is 13.2 Å². The second-order valence-electron chi connectivity index (χ2n) is 5.82. The molecule has 20 heavy (non-hydrogen) atoms. The van der Waals surface area contributed by atoms with Crippen LogP contribution in [0.25, 0.3) is 0 Å². The third-order valence-electron chi connectivity index (χ3n) is 4.46. The van der Waals surface area contributed by atoms with Crippen molar-refractivity contribution in [1.82, 2.24) is 9.97 Å². The van der Waals surface area contributed by atoms with Crippen molar-refractivity contribution >= 4 is 15.6 Å². The standard InChI is InChI=1S/C14H18N2O3S/c1-9-5-6-15-14(16-9)13(17)10-7-11-3-2-4-12(8-10)20(11,18)19/h5-6,10-12H,2-4,7-8H2,1H3. The number of nitrogens with zero attached hydrogens (tertiary/aromatic N) is 2. The molecule has 1 aromatic rings. The second kappa shape index (κ2) is 4.91. The molecule has 2 bridgehead atoms. The largest absolute Gasteiger partial charge is 0.290 e. The van der Waals surface area contributed by atoms with Gasteiger partial charge in [0.15, 0.2) is 15.7 Å². The van der Waals surface area contributed by atoms with Crippen molar-refractivity contribution in [2.24, 2.45) is 5.92 Å². The minimum Gasteiger partial charge on any atom is -0.290 e. The number of carbonyl (C=O) groups is 1. The summed E-state index contributed by atoms with van der Waals surface area (Å²) in [5.74, 6) is -0.108. The van der Waals surface area contributed by atoms with Crippen molar-refractivity contribution in [2.75, 3.05) is 0 Å². The maximum atomic E-state index is 12.5. The van der Waals surface area contributed by atoms with E-state index >= 15 is 0 Å². The van der Waals surface area contributed by atoms with Crippen LogP contribution in [0.3, 0.4) is 0 Å². The zero-order valence-electron chi connectivity index (χ0n) is 11.4. The van der Waals surface area contributed by atoms with E-state index in [0.717, 1.165) is 12.1 Å². The third kappa shape index (κ3) is 2.26. The molecular weight excluding hydrogens is 276 g/mol. The molecule has 5 nitrogen and oxygen atoms in total. The highest BCUT2D eigenvalue weighted by Crippen LogP contribution is 2.40. The third-order valence-corrected chi connectivity index (χ3v) is 7.18. The fourth-order valence-electron chi connectivity index (χ4n) is 3.37. The Morgan fingerprint density at radius 1 is 1.25 bits per heavy atom. The number of carbonyl (C=O) groups excluding carboxylic acids is 1. The second-order valence-corrected chi connectivity index (χ2v) is 8.33. The van der Waals surface area contributed by atoms with Crippen LogP contribution in [0.2, 0.25) is 0 Å². The molecule has 2 saturated heterocycles. The van der Waals surface area contributed by atoms with Gasteiger partial charge in [-0.2, -0.15) is 0 Å². The average molecular weight is 294 g/mol. The highest BCUT2D eigenvalue weighted by Gasteiger charge is 2.46. The fraction of sp³-hybridized carbons (Fsp3) is 0.643. The number of ketones is 1. The van der Waals surface area contributed by atoms with Gasteiger partial charge in [0.1, 0.15) is 0 Å². The number of sulfone groups is 1. The van der Waals surface area contributed by atoms with Gasteiger partial charge < -0.3 is 0 Å². The van der Waals surface area contributed by atoms with Crippen molar-refractivity contribution in [3.05, 3.63) is 23.8 Å². The normalized spacial score (nSPS) is 31.8. The number of aromatic nitrogens is 2. The molecule has 3 heterocycles. The molecule has 2 aliphatic rings. The van der Waals surface area contributed by atoms with Gasteiger partial charge in [-0.3, -0.25) is 4.79 Å². The topological polar surface area (TPSA) is 77.0 Å².